The summed E-state index contributed by atoms with van der Waals surface area (Å²) in [4.78, 5) is 0. The number of anilines is 1. The predicted molar refractivity (Wildman–Crippen MR) is 65.9 cm³/mol. The van der Waals surface area contributed by atoms with Crippen LogP contribution in [0.2, 0.25) is 0 Å². The maximum Gasteiger partial charge on any atom is 0.131 e. The molecule has 1 aromatic carbocycles. The molecule has 0 aromatic heterocycles. The molecule has 16 heavy (non-hydrogen) atoms. The van der Waals surface area contributed by atoms with Crippen molar-refractivity contribution in [3.8, 4) is 0 Å². The molecule has 0 amide bonds. The molecule has 0 heterocycles. The molecule has 0 aliphatic heterocycles. The third-order valence-corrected chi connectivity index (χ3v) is 2.28. The molecule has 0 fully saturated rings. The lowest BCUT2D eigenvalue weighted by atomic mass is 10.1. The van der Waals surface area contributed by atoms with E-state index in [4.69, 9.17) is 28.7 Å². The monoisotopic (exact) mass is 224 g/mol. The lowest BCUT2D eigenvalue weighted by Crippen LogP contribution is -2.70. The van der Waals surface area contributed by atoms with Crippen LogP contribution in [0.5, 0.6) is 0 Å². The molecule has 6 heteroatoms. The van der Waals surface area contributed by atoms with Gasteiger partial charge < -0.3 is 16.8 Å². The van der Waals surface area contributed by atoms with Crippen molar-refractivity contribution in [3.05, 3.63) is 30.3 Å². The molecule has 0 saturated carbocycles. The molecule has 90 valence electrons. The van der Waals surface area contributed by atoms with Crippen molar-refractivity contribution in [2.75, 3.05) is 5.32 Å². The number of rotatable bonds is 5. The molecule has 0 aliphatic rings. The molecular weight excluding hydrogens is 204 g/mol. The largest absolute Gasteiger partial charge is 0.370 e. The van der Waals surface area contributed by atoms with Crippen molar-refractivity contribution in [2.24, 2.45) is 28.7 Å². The highest BCUT2D eigenvalue weighted by atomic mass is 15.2. The van der Waals surface area contributed by atoms with Crippen LogP contribution in [0.15, 0.2) is 30.3 Å². The molecule has 0 aliphatic carbocycles. The molecule has 2 unspecified atom stereocenters. The first-order chi connectivity index (χ1) is 7.39. The van der Waals surface area contributed by atoms with Crippen LogP contribution in [0.4, 0.5) is 5.69 Å². The van der Waals surface area contributed by atoms with Crippen LogP contribution in [-0.4, -0.2) is 18.0 Å². The summed E-state index contributed by atoms with van der Waals surface area (Å²) in [5.74, 6) is -1.41. The Hall–Kier alpha value is -1.18. The van der Waals surface area contributed by atoms with Crippen LogP contribution < -0.4 is 34.0 Å². The van der Waals surface area contributed by atoms with Gasteiger partial charge in [0.1, 0.15) is 5.79 Å². The molecule has 2 atom stereocenters. The van der Waals surface area contributed by atoms with Crippen LogP contribution in [0.25, 0.3) is 0 Å². The van der Waals surface area contributed by atoms with Crippen molar-refractivity contribution in [1.82, 2.24) is 0 Å². The summed E-state index contributed by atoms with van der Waals surface area (Å²) in [7, 11) is 0. The Morgan fingerprint density at radius 1 is 1.06 bits per heavy atom. The van der Waals surface area contributed by atoms with E-state index in [1.54, 1.807) is 0 Å². The minimum Gasteiger partial charge on any atom is -0.370 e. The summed E-state index contributed by atoms with van der Waals surface area (Å²) in [6.07, 6.45) is 0.0469. The first-order valence-electron chi connectivity index (χ1n) is 5.09. The normalized spacial score (nSPS) is 15.6. The van der Waals surface area contributed by atoms with Gasteiger partial charge in [0.2, 0.25) is 0 Å². The quantitative estimate of drug-likeness (QED) is 0.341. The average molecular weight is 224 g/mol. The fraction of sp³-hybridized carbons (Fsp3) is 0.400. The number of nitrogens with one attached hydrogen (secondary N) is 1. The van der Waals surface area contributed by atoms with Gasteiger partial charge in [-0.1, -0.05) is 18.2 Å². The van der Waals surface area contributed by atoms with Gasteiger partial charge in [0.05, 0.1) is 12.2 Å². The zero-order valence-electron chi connectivity index (χ0n) is 9.14. The zero-order valence-corrected chi connectivity index (χ0v) is 9.14. The van der Waals surface area contributed by atoms with Gasteiger partial charge >= 0.3 is 0 Å². The number of hydrogen-bond acceptors (Lipinski definition) is 6. The van der Waals surface area contributed by atoms with Crippen molar-refractivity contribution in [2.45, 2.75) is 24.4 Å². The summed E-state index contributed by atoms with van der Waals surface area (Å²) >= 11 is 0. The van der Waals surface area contributed by atoms with E-state index in [1.165, 1.54) is 0 Å². The number of nitrogens with two attached hydrogens (primary N) is 5. The minimum absolute atomic E-state index is 0.340. The average Bonchev–Trinajstić information content (AvgIpc) is 2.17. The SMILES string of the molecule is NC(CC(N)C(N)(N)N)Nc1ccccc1. The van der Waals surface area contributed by atoms with Crippen molar-refractivity contribution in [1.29, 1.82) is 0 Å². The van der Waals surface area contributed by atoms with E-state index >= 15 is 0 Å². The Balaban J connectivity index is 2.45. The van der Waals surface area contributed by atoms with Crippen LogP contribution >= 0.6 is 0 Å². The highest BCUT2D eigenvalue weighted by Gasteiger charge is 2.24. The van der Waals surface area contributed by atoms with Crippen LogP contribution in [-0.2, 0) is 0 Å². The number of para-hydroxylation sites is 1. The summed E-state index contributed by atoms with van der Waals surface area (Å²) in [5, 5.41) is 3.08. The molecule has 0 saturated heterocycles. The van der Waals surface area contributed by atoms with Gasteiger partial charge in [-0.2, -0.15) is 0 Å². The second kappa shape index (κ2) is 5.24. The molecule has 0 bridgehead atoms. The zero-order chi connectivity index (χ0) is 12.2. The van der Waals surface area contributed by atoms with Crippen LogP contribution in [0, 0.1) is 0 Å². The van der Waals surface area contributed by atoms with Crippen molar-refractivity contribution >= 4 is 5.69 Å². The second-order valence-electron chi connectivity index (χ2n) is 3.96. The molecule has 1 rings (SSSR count). The summed E-state index contributed by atoms with van der Waals surface area (Å²) in [6.45, 7) is 0. The van der Waals surface area contributed by atoms with Gasteiger partial charge in [-0.15, -0.1) is 0 Å². The van der Waals surface area contributed by atoms with Crippen molar-refractivity contribution in [3.63, 3.8) is 0 Å². The standard InChI is InChI=1S/C10H20N6/c11-8(10(13,14)15)6-9(12)16-7-4-2-1-3-5-7/h1-5,8-9,16H,6,11-15H2. The molecular formula is C10H20N6. The van der Waals surface area contributed by atoms with Crippen LogP contribution in [0.1, 0.15) is 6.42 Å². The van der Waals surface area contributed by atoms with E-state index in [0.717, 1.165) is 5.69 Å². The topological polar surface area (TPSA) is 142 Å². The van der Waals surface area contributed by atoms with E-state index in [1.807, 2.05) is 30.3 Å². The fourth-order valence-electron chi connectivity index (χ4n) is 1.29. The van der Waals surface area contributed by atoms with Crippen LogP contribution in [0.3, 0.4) is 0 Å². The van der Waals surface area contributed by atoms with Gasteiger partial charge in [0, 0.05) is 12.1 Å². The van der Waals surface area contributed by atoms with E-state index in [2.05, 4.69) is 5.32 Å². The summed E-state index contributed by atoms with van der Waals surface area (Å²) < 4.78 is 0. The molecule has 0 radical (unpaired) electrons. The van der Waals surface area contributed by atoms with Gasteiger partial charge in [-0.25, -0.2) is 0 Å². The molecule has 11 N–H and O–H groups in total. The second-order valence-corrected chi connectivity index (χ2v) is 3.96. The Morgan fingerprint density at radius 2 is 1.62 bits per heavy atom. The third kappa shape index (κ3) is 4.13. The lowest BCUT2D eigenvalue weighted by molar-refractivity contribution is 0.338. The highest BCUT2D eigenvalue weighted by molar-refractivity contribution is 5.43. The smallest absolute Gasteiger partial charge is 0.131 e. The summed E-state index contributed by atoms with van der Waals surface area (Å²) in [5.41, 5.74) is 28.9. The van der Waals surface area contributed by atoms with Gasteiger partial charge in [0.15, 0.2) is 0 Å². The summed E-state index contributed by atoms with van der Waals surface area (Å²) in [6, 6.07) is 8.99. The number of benzene rings is 1. The minimum atomic E-state index is -1.41. The van der Waals surface area contributed by atoms with Crippen molar-refractivity contribution < 1.29 is 0 Å². The Labute approximate surface area is 95.1 Å². The van der Waals surface area contributed by atoms with E-state index in [-0.39, 0.29) is 6.17 Å². The first-order valence-corrected chi connectivity index (χ1v) is 5.09. The third-order valence-electron chi connectivity index (χ3n) is 2.28. The predicted octanol–water partition coefficient (Wildman–Crippen LogP) is -1.37. The molecule has 0 spiro atoms. The van der Waals surface area contributed by atoms with E-state index in [0.29, 0.717) is 6.42 Å². The van der Waals surface area contributed by atoms with Gasteiger partial charge in [-0.3, -0.25) is 17.2 Å². The number of hydrogen-bond donors (Lipinski definition) is 6. The molecule has 6 nitrogen and oxygen atoms in total. The maximum atomic E-state index is 5.85. The first kappa shape index (κ1) is 12.9. The Morgan fingerprint density at radius 3 is 2.12 bits per heavy atom. The maximum absolute atomic E-state index is 5.85. The van der Waals surface area contributed by atoms with E-state index in [9.17, 15) is 0 Å². The highest BCUT2D eigenvalue weighted by Crippen LogP contribution is 2.08. The molecule has 1 aromatic rings. The Kier molecular flexibility index (Phi) is 4.22. The fourth-order valence-corrected chi connectivity index (χ4v) is 1.29. The Bertz CT molecular complexity index is 307. The van der Waals surface area contributed by atoms with Gasteiger partial charge in [-0.05, 0) is 12.1 Å². The van der Waals surface area contributed by atoms with E-state index < -0.39 is 11.8 Å². The van der Waals surface area contributed by atoms with Gasteiger partial charge in [0.25, 0.3) is 0 Å². The lowest BCUT2D eigenvalue weighted by Gasteiger charge is -2.29.